The summed E-state index contributed by atoms with van der Waals surface area (Å²) in [7, 11) is 2.02. The fraction of sp³-hybridized carbons (Fsp3) is 0.286. The molecule has 98 valence electrons. The van der Waals surface area contributed by atoms with Crippen LogP contribution in [-0.4, -0.2) is 21.1 Å². The number of nitrogens with two attached hydrogens (primary N) is 1. The van der Waals surface area contributed by atoms with E-state index in [0.29, 0.717) is 6.54 Å². The lowest BCUT2D eigenvalue weighted by Crippen LogP contribution is -2.08. The summed E-state index contributed by atoms with van der Waals surface area (Å²) in [5, 5.41) is 0. The van der Waals surface area contributed by atoms with Gasteiger partial charge in [-0.15, -0.1) is 0 Å². The molecule has 0 bridgehead atoms. The van der Waals surface area contributed by atoms with Crippen LogP contribution in [0, 0.1) is 6.92 Å². The minimum Gasteiger partial charge on any atom is -0.443 e. The highest BCUT2D eigenvalue weighted by molar-refractivity contribution is 5.79. The van der Waals surface area contributed by atoms with E-state index in [9.17, 15) is 0 Å². The minimum absolute atomic E-state index is 0.602. The molecule has 19 heavy (non-hydrogen) atoms. The van der Waals surface area contributed by atoms with Crippen LogP contribution in [0.1, 0.15) is 11.5 Å². The Bertz CT molecular complexity index is 726. The van der Waals surface area contributed by atoms with Crippen LogP contribution in [0.15, 0.2) is 29.0 Å². The number of nitrogens with zero attached hydrogens (tertiary/aromatic N) is 3. The molecule has 5 heteroatoms. The van der Waals surface area contributed by atoms with E-state index in [1.165, 1.54) is 6.39 Å². The molecule has 3 aromatic rings. The van der Waals surface area contributed by atoms with Crippen molar-refractivity contribution in [3.8, 4) is 11.3 Å². The third-order valence-corrected chi connectivity index (χ3v) is 3.45. The van der Waals surface area contributed by atoms with Gasteiger partial charge in [0.25, 0.3) is 0 Å². The van der Waals surface area contributed by atoms with Crippen molar-refractivity contribution < 1.29 is 4.42 Å². The second-order valence-corrected chi connectivity index (χ2v) is 4.59. The number of benzene rings is 1. The standard InChI is InChI=1S/C14H16N4O/c1-9-14(17-13(5-6-15)18(9)2)10-3-4-11-12(7-10)19-8-16-11/h3-4,7-8H,5-6,15H2,1-2H3. The lowest BCUT2D eigenvalue weighted by Gasteiger charge is -2.01. The molecule has 2 aromatic heterocycles. The number of rotatable bonds is 3. The maximum absolute atomic E-state index is 5.61. The fourth-order valence-corrected chi connectivity index (χ4v) is 2.27. The second kappa shape index (κ2) is 4.51. The van der Waals surface area contributed by atoms with Crippen LogP contribution in [0.4, 0.5) is 0 Å². The molecular weight excluding hydrogens is 240 g/mol. The molecule has 0 fully saturated rings. The molecule has 0 spiro atoms. The van der Waals surface area contributed by atoms with Crippen LogP contribution in [0.3, 0.4) is 0 Å². The van der Waals surface area contributed by atoms with E-state index in [1.54, 1.807) is 0 Å². The van der Waals surface area contributed by atoms with E-state index in [2.05, 4.69) is 21.5 Å². The molecule has 1 aromatic carbocycles. The third kappa shape index (κ3) is 1.92. The SMILES string of the molecule is Cc1c(-c2ccc3ncoc3c2)nc(CCN)n1C. The third-order valence-electron chi connectivity index (χ3n) is 3.45. The number of oxazole rings is 1. The topological polar surface area (TPSA) is 69.9 Å². The smallest absolute Gasteiger partial charge is 0.181 e. The van der Waals surface area contributed by atoms with Gasteiger partial charge < -0.3 is 14.7 Å². The molecule has 2 N–H and O–H groups in total. The fourth-order valence-electron chi connectivity index (χ4n) is 2.27. The van der Waals surface area contributed by atoms with E-state index < -0.39 is 0 Å². The van der Waals surface area contributed by atoms with E-state index in [1.807, 2.05) is 25.2 Å². The predicted molar refractivity (Wildman–Crippen MR) is 73.7 cm³/mol. The predicted octanol–water partition coefficient (Wildman–Crippen LogP) is 2.04. The van der Waals surface area contributed by atoms with Crippen LogP contribution in [-0.2, 0) is 13.5 Å². The lowest BCUT2D eigenvalue weighted by molar-refractivity contribution is 0.602. The first-order valence-corrected chi connectivity index (χ1v) is 6.26. The molecule has 0 unspecified atom stereocenters. The van der Waals surface area contributed by atoms with Gasteiger partial charge in [-0.3, -0.25) is 0 Å². The molecule has 0 aliphatic rings. The summed E-state index contributed by atoms with van der Waals surface area (Å²) >= 11 is 0. The summed E-state index contributed by atoms with van der Waals surface area (Å²) in [6, 6.07) is 5.95. The summed E-state index contributed by atoms with van der Waals surface area (Å²) in [6.45, 7) is 2.66. The zero-order chi connectivity index (χ0) is 13.4. The summed E-state index contributed by atoms with van der Waals surface area (Å²) in [6.07, 6.45) is 2.24. The van der Waals surface area contributed by atoms with Gasteiger partial charge in [-0.2, -0.15) is 0 Å². The van der Waals surface area contributed by atoms with Crippen molar-refractivity contribution in [2.45, 2.75) is 13.3 Å². The highest BCUT2D eigenvalue weighted by Gasteiger charge is 2.13. The Labute approximate surface area is 111 Å². The van der Waals surface area contributed by atoms with Crippen LogP contribution in [0.2, 0.25) is 0 Å². The van der Waals surface area contributed by atoms with E-state index in [0.717, 1.165) is 40.3 Å². The number of imidazole rings is 1. The first kappa shape index (κ1) is 11.9. The van der Waals surface area contributed by atoms with E-state index in [-0.39, 0.29) is 0 Å². The van der Waals surface area contributed by atoms with Gasteiger partial charge in [0.1, 0.15) is 11.3 Å². The van der Waals surface area contributed by atoms with E-state index >= 15 is 0 Å². The number of aromatic nitrogens is 3. The minimum atomic E-state index is 0.602. The number of hydrogen-bond donors (Lipinski definition) is 1. The van der Waals surface area contributed by atoms with Crippen molar-refractivity contribution in [3.63, 3.8) is 0 Å². The molecule has 0 amide bonds. The largest absolute Gasteiger partial charge is 0.443 e. The Morgan fingerprint density at radius 2 is 2.21 bits per heavy atom. The average molecular weight is 256 g/mol. The highest BCUT2D eigenvalue weighted by Crippen LogP contribution is 2.26. The molecule has 0 saturated heterocycles. The van der Waals surface area contributed by atoms with Crippen LogP contribution >= 0.6 is 0 Å². The summed E-state index contributed by atoms with van der Waals surface area (Å²) in [5.74, 6) is 1.01. The van der Waals surface area contributed by atoms with Gasteiger partial charge in [0, 0.05) is 24.7 Å². The Hall–Kier alpha value is -2.14. The number of hydrogen-bond acceptors (Lipinski definition) is 4. The van der Waals surface area contributed by atoms with Gasteiger partial charge in [0.15, 0.2) is 12.0 Å². The monoisotopic (exact) mass is 256 g/mol. The first-order chi connectivity index (χ1) is 9.20. The van der Waals surface area contributed by atoms with Crippen molar-refractivity contribution in [2.24, 2.45) is 12.8 Å². The second-order valence-electron chi connectivity index (χ2n) is 4.59. The summed E-state index contributed by atoms with van der Waals surface area (Å²) < 4.78 is 7.43. The molecule has 0 radical (unpaired) electrons. The molecule has 2 heterocycles. The molecule has 5 nitrogen and oxygen atoms in total. The van der Waals surface area contributed by atoms with E-state index in [4.69, 9.17) is 10.2 Å². The lowest BCUT2D eigenvalue weighted by atomic mass is 10.1. The summed E-state index contributed by atoms with van der Waals surface area (Å²) in [5.41, 5.74) is 10.4. The van der Waals surface area contributed by atoms with Crippen molar-refractivity contribution in [1.29, 1.82) is 0 Å². The first-order valence-electron chi connectivity index (χ1n) is 6.26. The van der Waals surface area contributed by atoms with Gasteiger partial charge in [-0.25, -0.2) is 9.97 Å². The Balaban J connectivity index is 2.12. The van der Waals surface area contributed by atoms with Gasteiger partial charge >= 0.3 is 0 Å². The van der Waals surface area contributed by atoms with Crippen LogP contribution in [0.5, 0.6) is 0 Å². The van der Waals surface area contributed by atoms with Crippen molar-refractivity contribution >= 4 is 11.1 Å². The highest BCUT2D eigenvalue weighted by atomic mass is 16.3. The quantitative estimate of drug-likeness (QED) is 0.778. The van der Waals surface area contributed by atoms with Gasteiger partial charge in [-0.1, -0.05) is 6.07 Å². The average Bonchev–Trinajstić information content (AvgIpc) is 2.98. The number of fused-ring (bicyclic) bond motifs is 1. The molecule has 0 aliphatic carbocycles. The van der Waals surface area contributed by atoms with Crippen LogP contribution in [0.25, 0.3) is 22.4 Å². The van der Waals surface area contributed by atoms with Gasteiger partial charge in [0.05, 0.1) is 5.69 Å². The molecule has 3 rings (SSSR count). The normalized spacial score (nSPS) is 11.3. The van der Waals surface area contributed by atoms with Crippen molar-refractivity contribution in [2.75, 3.05) is 6.54 Å². The molecular formula is C14H16N4O. The van der Waals surface area contributed by atoms with Crippen molar-refractivity contribution in [3.05, 3.63) is 36.1 Å². The summed E-state index contributed by atoms with van der Waals surface area (Å²) in [4.78, 5) is 8.80. The Morgan fingerprint density at radius 1 is 1.37 bits per heavy atom. The maximum Gasteiger partial charge on any atom is 0.181 e. The Morgan fingerprint density at radius 3 is 3.00 bits per heavy atom. The van der Waals surface area contributed by atoms with Crippen molar-refractivity contribution in [1.82, 2.24) is 14.5 Å². The molecule has 0 aliphatic heterocycles. The van der Waals surface area contributed by atoms with Crippen LogP contribution < -0.4 is 5.73 Å². The van der Waals surface area contributed by atoms with Gasteiger partial charge in [-0.05, 0) is 25.6 Å². The Kier molecular flexibility index (Phi) is 2.83. The molecule has 0 saturated carbocycles. The van der Waals surface area contributed by atoms with Gasteiger partial charge in [0.2, 0.25) is 0 Å². The zero-order valence-electron chi connectivity index (χ0n) is 11.1. The molecule has 0 atom stereocenters. The zero-order valence-corrected chi connectivity index (χ0v) is 11.1. The maximum atomic E-state index is 5.61.